The maximum absolute atomic E-state index is 14.8. The molecule has 2 aliphatic rings. The molecule has 0 unspecified atom stereocenters. The van der Waals surface area contributed by atoms with Gasteiger partial charge < -0.3 is 16.1 Å². The van der Waals surface area contributed by atoms with Crippen molar-refractivity contribution >= 4 is 62.8 Å². The van der Waals surface area contributed by atoms with E-state index in [-0.39, 0.29) is 33.5 Å². The quantitative estimate of drug-likeness (QED) is 0.143. The van der Waals surface area contributed by atoms with Gasteiger partial charge in [0.05, 0.1) is 44.2 Å². The molecule has 0 aliphatic carbocycles. The second kappa shape index (κ2) is 13.3. The molecule has 0 saturated carbocycles. The molecule has 47 heavy (non-hydrogen) atoms. The lowest BCUT2D eigenvalue weighted by molar-refractivity contribution is 0.0570. The number of halogens is 5. The zero-order chi connectivity index (χ0) is 33.5. The molecule has 0 bridgehead atoms. The molecule has 0 amide bonds. The number of anilines is 3. The number of hydrogen-bond acceptors (Lipinski definition) is 8. The van der Waals surface area contributed by atoms with Crippen molar-refractivity contribution in [3.8, 4) is 6.07 Å². The van der Waals surface area contributed by atoms with Gasteiger partial charge in [-0.15, -0.1) is 5.53 Å². The number of nitrogens with zero attached hydrogens (tertiary/aromatic N) is 4. The number of hydrogen-bond donors (Lipinski definition) is 4. The van der Waals surface area contributed by atoms with Crippen LogP contribution in [0.1, 0.15) is 50.8 Å². The van der Waals surface area contributed by atoms with Crippen LogP contribution in [0.5, 0.6) is 0 Å². The number of hydrazine groups is 2. The third-order valence-electron chi connectivity index (χ3n) is 8.55. The highest BCUT2D eigenvalue weighted by atomic mass is 35.5. The van der Waals surface area contributed by atoms with Gasteiger partial charge >= 0.3 is 0 Å². The van der Waals surface area contributed by atoms with Crippen molar-refractivity contribution in [3.63, 3.8) is 0 Å². The van der Waals surface area contributed by atoms with Gasteiger partial charge in [0.15, 0.2) is 0 Å². The average molecular weight is 698 g/mol. The van der Waals surface area contributed by atoms with Gasteiger partial charge in [0.2, 0.25) is 0 Å². The number of fused-ring (bicyclic) bond motifs is 1. The Bertz CT molecular complexity index is 1880. The van der Waals surface area contributed by atoms with Gasteiger partial charge in [-0.05, 0) is 69.5 Å². The van der Waals surface area contributed by atoms with Gasteiger partial charge in [0.1, 0.15) is 17.7 Å². The summed E-state index contributed by atoms with van der Waals surface area (Å²) in [5, 5.41) is 19.6. The average Bonchev–Trinajstić information content (AvgIpc) is 3.53. The SMILES string of the molecule is CC(C)(C)N1CCC(N2C=C([C@@H](Nc3cc(Cl)c4ncc(C#N)c(Nc5cc(Cl)c(F)cc5F)c4c3)c3ccc(Cl)cc3)NN2)CC1. The summed E-state index contributed by atoms with van der Waals surface area (Å²) in [6.45, 7) is 8.75. The van der Waals surface area contributed by atoms with Gasteiger partial charge in [-0.3, -0.25) is 14.9 Å². The molecular weight excluding hydrogens is 665 g/mol. The van der Waals surface area contributed by atoms with E-state index < -0.39 is 11.6 Å². The van der Waals surface area contributed by atoms with E-state index in [4.69, 9.17) is 34.8 Å². The highest BCUT2D eigenvalue weighted by Gasteiger charge is 2.32. The summed E-state index contributed by atoms with van der Waals surface area (Å²) in [6, 6.07) is 14.9. The van der Waals surface area contributed by atoms with Gasteiger partial charge in [-0.2, -0.15) is 5.26 Å². The molecule has 8 nitrogen and oxygen atoms in total. The first-order valence-corrected chi connectivity index (χ1v) is 16.3. The highest BCUT2D eigenvalue weighted by Crippen LogP contribution is 2.38. The standard InChI is InChI=1S/C34H33Cl3F2N8/c1-34(2,3)46-10-8-23(9-11-46)47-18-30(44-45-47)32(19-4-6-21(35)7-5-19)42-22-12-24-31(20(16-40)17-41-33(24)26(37)13-22)43-29-14-25(36)27(38)15-28(29)39/h4-7,12-15,17-18,23,32,42,44-45H,8-11H2,1-3H3,(H,41,43)/t32-/m0/s1. The fourth-order valence-corrected chi connectivity index (χ4v) is 6.54. The third kappa shape index (κ3) is 7.05. The van der Waals surface area contributed by atoms with Crippen molar-refractivity contribution in [1.82, 2.24) is 25.9 Å². The first-order valence-electron chi connectivity index (χ1n) is 15.1. The zero-order valence-electron chi connectivity index (χ0n) is 25.9. The number of rotatable bonds is 7. The van der Waals surface area contributed by atoms with E-state index in [0.717, 1.165) is 43.3 Å². The first kappa shape index (κ1) is 33.1. The second-order valence-electron chi connectivity index (χ2n) is 12.6. The van der Waals surface area contributed by atoms with E-state index in [9.17, 15) is 14.0 Å². The molecule has 6 rings (SSSR count). The fourth-order valence-electron chi connectivity index (χ4n) is 5.98. The molecule has 1 fully saturated rings. The molecule has 1 atom stereocenters. The van der Waals surface area contributed by atoms with E-state index in [1.54, 1.807) is 12.1 Å². The fraction of sp³-hybridized carbons (Fsp3) is 0.294. The van der Waals surface area contributed by atoms with Crippen molar-refractivity contribution in [2.45, 2.75) is 51.2 Å². The molecule has 0 spiro atoms. The van der Waals surface area contributed by atoms with Crippen LogP contribution in [0.4, 0.5) is 25.8 Å². The molecule has 3 aromatic carbocycles. The van der Waals surface area contributed by atoms with Crippen molar-refractivity contribution in [2.75, 3.05) is 23.7 Å². The van der Waals surface area contributed by atoms with Crippen LogP contribution in [0.15, 0.2) is 66.6 Å². The number of nitriles is 1. The monoisotopic (exact) mass is 696 g/mol. The molecule has 1 aromatic heterocycles. The summed E-state index contributed by atoms with van der Waals surface area (Å²) in [5.41, 5.74) is 9.90. The summed E-state index contributed by atoms with van der Waals surface area (Å²) in [4.78, 5) is 6.90. The van der Waals surface area contributed by atoms with Crippen LogP contribution in [0, 0.1) is 23.0 Å². The van der Waals surface area contributed by atoms with Gasteiger partial charge in [-0.25, -0.2) is 8.78 Å². The first-order chi connectivity index (χ1) is 22.4. The minimum atomic E-state index is -0.893. The normalized spacial score (nSPS) is 16.5. The van der Waals surface area contributed by atoms with E-state index in [2.05, 4.69) is 69.5 Å². The smallest absolute Gasteiger partial charge is 0.149 e. The lowest BCUT2D eigenvalue weighted by Crippen LogP contribution is -2.52. The molecule has 1 saturated heterocycles. The Morgan fingerprint density at radius 1 is 1.00 bits per heavy atom. The van der Waals surface area contributed by atoms with Crippen LogP contribution in [-0.2, 0) is 0 Å². The Balaban J connectivity index is 1.35. The summed E-state index contributed by atoms with van der Waals surface area (Å²) in [6.07, 6.45) is 5.45. The molecule has 3 heterocycles. The predicted molar refractivity (Wildman–Crippen MR) is 184 cm³/mol. The maximum atomic E-state index is 14.8. The minimum absolute atomic E-state index is 0.103. The van der Waals surface area contributed by atoms with Gasteiger partial charge in [0, 0.05) is 59.2 Å². The number of nitrogens with one attached hydrogen (secondary N) is 4. The Labute approximate surface area is 287 Å². The van der Waals surface area contributed by atoms with E-state index in [0.29, 0.717) is 38.7 Å². The Morgan fingerprint density at radius 3 is 2.40 bits per heavy atom. The van der Waals surface area contributed by atoms with Crippen LogP contribution in [0.3, 0.4) is 0 Å². The van der Waals surface area contributed by atoms with E-state index in [1.165, 1.54) is 6.20 Å². The van der Waals surface area contributed by atoms with Crippen LogP contribution >= 0.6 is 34.8 Å². The number of pyridine rings is 1. The molecule has 2 aliphatic heterocycles. The highest BCUT2D eigenvalue weighted by molar-refractivity contribution is 6.36. The van der Waals surface area contributed by atoms with Crippen molar-refractivity contribution in [3.05, 3.63) is 104 Å². The molecular formula is C34H33Cl3F2N8. The topological polar surface area (TPSA) is 91.3 Å². The number of benzene rings is 3. The third-order valence-corrected chi connectivity index (χ3v) is 9.38. The Morgan fingerprint density at radius 2 is 1.72 bits per heavy atom. The predicted octanol–water partition coefficient (Wildman–Crippen LogP) is 8.67. The second-order valence-corrected chi connectivity index (χ2v) is 13.9. The summed E-state index contributed by atoms with van der Waals surface area (Å²) in [5.74, 6) is -1.76. The van der Waals surface area contributed by atoms with Crippen LogP contribution in [0.2, 0.25) is 15.1 Å². The number of piperidine rings is 1. The molecule has 244 valence electrons. The molecule has 13 heteroatoms. The van der Waals surface area contributed by atoms with Crippen molar-refractivity contribution in [2.24, 2.45) is 0 Å². The molecule has 0 radical (unpaired) electrons. The zero-order valence-corrected chi connectivity index (χ0v) is 28.2. The van der Waals surface area contributed by atoms with Crippen molar-refractivity contribution < 1.29 is 8.78 Å². The summed E-state index contributed by atoms with van der Waals surface area (Å²) < 4.78 is 28.7. The largest absolute Gasteiger partial charge is 0.373 e. The Kier molecular flexibility index (Phi) is 9.38. The van der Waals surface area contributed by atoms with E-state index in [1.807, 2.05) is 24.3 Å². The molecule has 4 aromatic rings. The van der Waals surface area contributed by atoms with Gasteiger partial charge in [-0.1, -0.05) is 46.9 Å². The van der Waals surface area contributed by atoms with E-state index >= 15 is 0 Å². The number of aromatic nitrogens is 1. The maximum Gasteiger partial charge on any atom is 0.149 e. The van der Waals surface area contributed by atoms with Crippen molar-refractivity contribution in [1.29, 1.82) is 5.26 Å². The van der Waals surface area contributed by atoms with Crippen LogP contribution < -0.4 is 21.6 Å². The summed E-state index contributed by atoms with van der Waals surface area (Å²) >= 11 is 18.9. The number of likely N-dealkylation sites (tertiary alicyclic amines) is 1. The van der Waals surface area contributed by atoms with Crippen LogP contribution in [-0.4, -0.2) is 39.6 Å². The minimum Gasteiger partial charge on any atom is -0.373 e. The summed E-state index contributed by atoms with van der Waals surface area (Å²) in [7, 11) is 0. The lowest BCUT2D eigenvalue weighted by atomic mass is 9.98. The molecule has 4 N–H and O–H groups in total. The Hall–Kier alpha value is -3.85. The van der Waals surface area contributed by atoms with Gasteiger partial charge in [0.25, 0.3) is 0 Å². The lowest BCUT2D eigenvalue weighted by Gasteiger charge is -2.42. The van der Waals surface area contributed by atoms with Crippen LogP contribution in [0.25, 0.3) is 10.9 Å².